The zero-order chi connectivity index (χ0) is 13.8. The maximum Gasteiger partial charge on any atom is 0.673 e. The van der Waals surface area contributed by atoms with Gasteiger partial charge in [-0.05, 0) is 23.6 Å². The molecule has 2 aromatic carbocycles. The van der Waals surface area contributed by atoms with Gasteiger partial charge < -0.3 is 17.3 Å². The number of benzene rings is 2. The van der Waals surface area contributed by atoms with Crippen molar-refractivity contribution >= 4 is 23.7 Å². The molecule has 0 unspecified atom stereocenters. The molecule has 0 atom stereocenters. The summed E-state index contributed by atoms with van der Waals surface area (Å²) in [6.45, 7) is 0. The summed E-state index contributed by atoms with van der Waals surface area (Å²) in [7, 11) is -6.00. The summed E-state index contributed by atoms with van der Waals surface area (Å²) in [5.74, 6) is -0.289. The Morgan fingerprint density at radius 3 is 2.17 bits per heavy atom. The first-order valence-corrected chi connectivity index (χ1v) is 4.72. The molecule has 0 bridgehead atoms. The molecule has 2 aromatic rings. The van der Waals surface area contributed by atoms with E-state index in [2.05, 4.69) is 4.98 Å². The highest BCUT2D eigenvalue weighted by Crippen LogP contribution is 2.25. The van der Waals surface area contributed by atoms with Gasteiger partial charge in [-0.25, -0.2) is 4.39 Å². The van der Waals surface area contributed by atoms with Crippen LogP contribution in [-0.2, 0) is 0 Å². The second-order valence-electron chi connectivity index (χ2n) is 3.24. The zero-order valence-electron chi connectivity index (χ0n) is 8.83. The predicted molar refractivity (Wildman–Crippen MR) is 58.8 cm³/mol. The van der Waals surface area contributed by atoms with Gasteiger partial charge in [0.05, 0.1) is 5.39 Å². The lowest BCUT2D eigenvalue weighted by Gasteiger charge is -1.94. The maximum absolute atomic E-state index is 12.8. The summed E-state index contributed by atoms with van der Waals surface area (Å²) in [6, 6.07) is 9.50. The highest BCUT2D eigenvalue weighted by Gasteiger charge is 2.20. The Hall–Kier alpha value is -2.17. The quantitative estimate of drug-likeness (QED) is 0.381. The van der Waals surface area contributed by atoms with Gasteiger partial charge in [0.1, 0.15) is 5.82 Å². The van der Waals surface area contributed by atoms with Gasteiger partial charge in [0.25, 0.3) is 0 Å². The largest absolute Gasteiger partial charge is 0.673 e. The third-order valence-electron chi connectivity index (χ3n) is 1.93. The first-order valence-electron chi connectivity index (χ1n) is 4.72. The van der Waals surface area contributed by atoms with Crippen LogP contribution in [0.4, 0.5) is 27.3 Å². The van der Waals surface area contributed by atoms with E-state index in [1.807, 2.05) is 0 Å². The Balaban J connectivity index is 0.000000280. The lowest BCUT2D eigenvalue weighted by molar-refractivity contribution is 0.368. The number of fused-ring (bicyclic) bond motifs is 1. The van der Waals surface area contributed by atoms with Crippen molar-refractivity contribution in [1.29, 1.82) is 5.39 Å². The number of nitrogens with zero attached hydrogens (tertiary/aromatic N) is 2. The standard InChI is InChI=1S/C10H6FN2.BF4/c11-8-4-5-9-7(6-8)2-1-3-10(9)13-12;2-1(3,4)5/h1-6H;/q+1;-1. The third-order valence-corrected chi connectivity index (χ3v) is 1.93. The van der Waals surface area contributed by atoms with Crippen LogP contribution in [0, 0.1) is 11.2 Å². The molecule has 0 spiro atoms. The van der Waals surface area contributed by atoms with E-state index in [0.717, 1.165) is 10.8 Å². The van der Waals surface area contributed by atoms with Crippen molar-refractivity contribution in [2.45, 2.75) is 0 Å². The van der Waals surface area contributed by atoms with E-state index < -0.39 is 7.25 Å². The molecular formula is C10H6BF5N2. The Morgan fingerprint density at radius 1 is 1.00 bits per heavy atom. The van der Waals surface area contributed by atoms with Crippen molar-refractivity contribution in [2.24, 2.45) is 0 Å². The second-order valence-corrected chi connectivity index (χ2v) is 3.24. The first-order chi connectivity index (χ1) is 8.31. The van der Waals surface area contributed by atoms with Crippen molar-refractivity contribution in [3.05, 3.63) is 47.2 Å². The Morgan fingerprint density at radius 2 is 1.61 bits per heavy atom. The molecule has 2 nitrogen and oxygen atoms in total. The van der Waals surface area contributed by atoms with Gasteiger partial charge in [0.2, 0.25) is 5.39 Å². The average Bonchev–Trinajstić information content (AvgIpc) is 2.25. The van der Waals surface area contributed by atoms with Crippen LogP contribution >= 0.6 is 0 Å². The van der Waals surface area contributed by atoms with Crippen LogP contribution in [0.5, 0.6) is 0 Å². The Kier molecular flexibility index (Phi) is 4.20. The van der Waals surface area contributed by atoms with Crippen molar-refractivity contribution in [1.82, 2.24) is 0 Å². The van der Waals surface area contributed by atoms with Crippen LogP contribution in [-0.4, -0.2) is 7.25 Å². The van der Waals surface area contributed by atoms with E-state index in [1.54, 1.807) is 24.3 Å². The Labute approximate surface area is 98.8 Å². The zero-order valence-corrected chi connectivity index (χ0v) is 8.83. The molecule has 0 saturated carbocycles. The van der Waals surface area contributed by atoms with E-state index in [4.69, 9.17) is 5.39 Å². The molecule has 0 N–H and O–H groups in total. The van der Waals surface area contributed by atoms with E-state index >= 15 is 0 Å². The smallest absolute Gasteiger partial charge is 0.418 e. The molecule has 2 rings (SSSR count). The lowest BCUT2D eigenvalue weighted by atomic mass is 10.1. The molecule has 0 fully saturated rings. The van der Waals surface area contributed by atoms with Crippen molar-refractivity contribution in [3.63, 3.8) is 0 Å². The Bertz CT molecular complexity index is 585. The SMILES string of the molecule is F[B-](F)(F)F.N#[N+]c1cccc2cc(F)ccc12. The molecule has 0 aliphatic heterocycles. The summed E-state index contributed by atoms with van der Waals surface area (Å²) >= 11 is 0. The highest BCUT2D eigenvalue weighted by molar-refractivity contribution is 6.50. The second kappa shape index (κ2) is 5.45. The average molecular weight is 260 g/mol. The fourth-order valence-electron chi connectivity index (χ4n) is 1.32. The predicted octanol–water partition coefficient (Wildman–Crippen LogP) is 4.76. The minimum Gasteiger partial charge on any atom is -0.418 e. The topological polar surface area (TPSA) is 28.1 Å². The number of rotatable bonds is 0. The number of hydrogen-bond donors (Lipinski definition) is 0. The lowest BCUT2D eigenvalue weighted by Crippen LogP contribution is -2.02. The molecular weight excluding hydrogens is 254 g/mol. The van der Waals surface area contributed by atoms with Crippen LogP contribution < -0.4 is 0 Å². The van der Waals surface area contributed by atoms with Gasteiger partial charge in [-0.2, -0.15) is 0 Å². The summed E-state index contributed by atoms with van der Waals surface area (Å²) < 4.78 is 51.8. The molecule has 0 heterocycles. The normalized spacial score (nSPS) is 10.4. The van der Waals surface area contributed by atoms with E-state index in [1.165, 1.54) is 12.1 Å². The number of hydrogen-bond acceptors (Lipinski definition) is 1. The van der Waals surface area contributed by atoms with Crippen LogP contribution in [0.2, 0.25) is 0 Å². The van der Waals surface area contributed by atoms with Crippen LogP contribution in [0.3, 0.4) is 0 Å². The van der Waals surface area contributed by atoms with Gasteiger partial charge in [-0.15, -0.1) is 0 Å². The fraction of sp³-hybridized carbons (Fsp3) is 0. The van der Waals surface area contributed by atoms with Crippen LogP contribution in [0.1, 0.15) is 0 Å². The minimum atomic E-state index is -6.00. The monoisotopic (exact) mass is 260 g/mol. The van der Waals surface area contributed by atoms with Crippen LogP contribution in [0.15, 0.2) is 36.4 Å². The first kappa shape index (κ1) is 13.9. The summed E-state index contributed by atoms with van der Waals surface area (Å²) in [6.07, 6.45) is 0. The molecule has 0 aromatic heterocycles. The highest BCUT2D eigenvalue weighted by atomic mass is 19.5. The van der Waals surface area contributed by atoms with Crippen molar-refractivity contribution in [3.8, 4) is 0 Å². The van der Waals surface area contributed by atoms with Gasteiger partial charge >= 0.3 is 12.9 Å². The molecule has 8 heteroatoms. The van der Waals surface area contributed by atoms with Gasteiger partial charge in [-0.1, -0.05) is 12.1 Å². The fourth-order valence-corrected chi connectivity index (χ4v) is 1.32. The van der Waals surface area contributed by atoms with Crippen molar-refractivity contribution < 1.29 is 21.7 Å². The molecule has 0 aliphatic carbocycles. The summed E-state index contributed by atoms with van der Waals surface area (Å²) in [5.41, 5.74) is 0.456. The molecule has 0 saturated heterocycles. The summed E-state index contributed by atoms with van der Waals surface area (Å²) in [5, 5.41) is 10.1. The van der Waals surface area contributed by atoms with Crippen LogP contribution in [0.25, 0.3) is 15.7 Å². The van der Waals surface area contributed by atoms with Gasteiger partial charge in [0, 0.05) is 6.07 Å². The van der Waals surface area contributed by atoms with E-state index in [9.17, 15) is 21.7 Å². The molecule has 18 heavy (non-hydrogen) atoms. The number of diazo groups is 1. The molecule has 0 radical (unpaired) electrons. The summed E-state index contributed by atoms with van der Waals surface area (Å²) in [4.78, 5) is 3.11. The molecule has 94 valence electrons. The third kappa shape index (κ3) is 4.37. The molecule has 0 amide bonds. The molecule has 0 aliphatic rings. The van der Waals surface area contributed by atoms with Gasteiger partial charge in [0.15, 0.2) is 4.98 Å². The number of halogens is 5. The minimum absolute atomic E-state index is 0.289. The van der Waals surface area contributed by atoms with Crippen molar-refractivity contribution in [2.75, 3.05) is 0 Å². The maximum atomic E-state index is 12.8. The van der Waals surface area contributed by atoms with E-state index in [-0.39, 0.29) is 5.82 Å². The van der Waals surface area contributed by atoms with Gasteiger partial charge in [-0.3, -0.25) is 0 Å². The van der Waals surface area contributed by atoms with E-state index in [0.29, 0.717) is 5.69 Å².